The van der Waals surface area contributed by atoms with Crippen molar-refractivity contribution in [3.8, 4) is 5.75 Å². The molecule has 1 aromatic carbocycles. The summed E-state index contributed by atoms with van der Waals surface area (Å²) in [7, 11) is 0. The molecule has 0 aromatic heterocycles. The number of halogens is 2. The zero-order chi connectivity index (χ0) is 17.5. The van der Waals surface area contributed by atoms with Crippen LogP contribution in [0.15, 0.2) is 18.2 Å². The summed E-state index contributed by atoms with van der Waals surface area (Å²) in [5.41, 5.74) is -1.55. The van der Waals surface area contributed by atoms with Gasteiger partial charge in [0.2, 0.25) is 0 Å². The SMILES string of the molecule is CCCCCCOC(=O)C(C)(C)C(=O)Oc1c(F)cccc1Cl. The fourth-order valence-electron chi connectivity index (χ4n) is 1.76. The highest BCUT2D eigenvalue weighted by atomic mass is 35.5. The van der Waals surface area contributed by atoms with E-state index in [-0.39, 0.29) is 17.4 Å². The average molecular weight is 345 g/mol. The molecule has 0 aliphatic rings. The second kappa shape index (κ2) is 8.87. The first-order valence-electron chi connectivity index (χ1n) is 7.64. The number of ether oxygens (including phenoxy) is 2. The zero-order valence-corrected chi connectivity index (χ0v) is 14.4. The molecule has 0 saturated carbocycles. The summed E-state index contributed by atoms with van der Waals surface area (Å²) in [5.74, 6) is -2.77. The molecule has 0 unspecified atom stereocenters. The summed E-state index contributed by atoms with van der Waals surface area (Å²) in [4.78, 5) is 24.2. The van der Waals surface area contributed by atoms with E-state index in [9.17, 15) is 14.0 Å². The van der Waals surface area contributed by atoms with E-state index >= 15 is 0 Å². The molecule has 1 aromatic rings. The first-order valence-corrected chi connectivity index (χ1v) is 8.02. The van der Waals surface area contributed by atoms with Crippen LogP contribution in [-0.4, -0.2) is 18.5 Å². The number of hydrogen-bond donors (Lipinski definition) is 0. The van der Waals surface area contributed by atoms with Gasteiger partial charge in [-0.25, -0.2) is 4.39 Å². The van der Waals surface area contributed by atoms with Crippen LogP contribution in [0.1, 0.15) is 46.5 Å². The Morgan fingerprint density at radius 2 is 1.87 bits per heavy atom. The van der Waals surface area contributed by atoms with Crippen molar-refractivity contribution >= 4 is 23.5 Å². The highest BCUT2D eigenvalue weighted by Crippen LogP contribution is 2.30. The Bertz CT molecular complexity index is 537. The molecule has 0 saturated heterocycles. The van der Waals surface area contributed by atoms with Crippen LogP contribution in [0.4, 0.5) is 4.39 Å². The highest BCUT2D eigenvalue weighted by Gasteiger charge is 2.40. The molecule has 0 radical (unpaired) electrons. The van der Waals surface area contributed by atoms with Gasteiger partial charge >= 0.3 is 11.9 Å². The van der Waals surface area contributed by atoms with Crippen LogP contribution >= 0.6 is 11.6 Å². The molecule has 4 nitrogen and oxygen atoms in total. The Hall–Kier alpha value is -1.62. The monoisotopic (exact) mass is 344 g/mol. The molecule has 0 heterocycles. The minimum absolute atomic E-state index is 0.0397. The van der Waals surface area contributed by atoms with E-state index < -0.39 is 23.2 Å². The van der Waals surface area contributed by atoms with Crippen molar-refractivity contribution in [2.24, 2.45) is 5.41 Å². The Kier molecular flexibility index (Phi) is 7.49. The highest BCUT2D eigenvalue weighted by molar-refractivity contribution is 6.32. The van der Waals surface area contributed by atoms with Gasteiger partial charge in [-0.1, -0.05) is 43.9 Å². The Balaban J connectivity index is 2.64. The molecule has 0 aliphatic carbocycles. The van der Waals surface area contributed by atoms with E-state index in [1.807, 2.05) is 0 Å². The minimum Gasteiger partial charge on any atom is -0.465 e. The number of esters is 2. The maximum atomic E-state index is 13.6. The van der Waals surface area contributed by atoms with Gasteiger partial charge in [0.05, 0.1) is 11.6 Å². The lowest BCUT2D eigenvalue weighted by atomic mass is 9.94. The van der Waals surface area contributed by atoms with E-state index in [1.54, 1.807) is 0 Å². The minimum atomic E-state index is -1.55. The molecule has 0 bridgehead atoms. The zero-order valence-electron chi connectivity index (χ0n) is 13.7. The molecule has 1 rings (SSSR count). The van der Waals surface area contributed by atoms with Crippen LogP contribution < -0.4 is 4.74 Å². The lowest BCUT2D eigenvalue weighted by molar-refractivity contribution is -0.164. The smallest absolute Gasteiger partial charge is 0.328 e. The van der Waals surface area contributed by atoms with Gasteiger partial charge in [0.1, 0.15) is 0 Å². The standard InChI is InChI=1S/C17H22ClFO4/c1-4-5-6-7-11-22-15(20)17(2,3)16(21)23-14-12(18)9-8-10-13(14)19/h8-10H,4-7,11H2,1-3H3. The third-order valence-electron chi connectivity index (χ3n) is 3.37. The molecule has 23 heavy (non-hydrogen) atoms. The Morgan fingerprint density at radius 1 is 1.17 bits per heavy atom. The first kappa shape index (κ1) is 19.4. The van der Waals surface area contributed by atoms with Crippen LogP contribution in [0.2, 0.25) is 5.02 Å². The van der Waals surface area contributed by atoms with E-state index in [0.29, 0.717) is 0 Å². The van der Waals surface area contributed by atoms with E-state index in [2.05, 4.69) is 6.92 Å². The third kappa shape index (κ3) is 5.50. The summed E-state index contributed by atoms with van der Waals surface area (Å²) in [6, 6.07) is 3.91. The molecule has 0 aliphatic heterocycles. The topological polar surface area (TPSA) is 52.6 Å². The van der Waals surface area contributed by atoms with Gasteiger partial charge in [-0.15, -0.1) is 0 Å². The molecule has 0 fully saturated rings. The number of para-hydroxylation sites is 1. The van der Waals surface area contributed by atoms with Gasteiger partial charge in [-0.05, 0) is 32.4 Å². The second-order valence-corrected chi connectivity index (χ2v) is 6.17. The van der Waals surface area contributed by atoms with Crippen molar-refractivity contribution in [2.75, 3.05) is 6.61 Å². The summed E-state index contributed by atoms with van der Waals surface area (Å²) >= 11 is 5.80. The normalized spacial score (nSPS) is 11.2. The van der Waals surface area contributed by atoms with Gasteiger partial charge in [0.15, 0.2) is 17.0 Å². The van der Waals surface area contributed by atoms with Crippen LogP contribution in [0, 0.1) is 11.2 Å². The number of unbranched alkanes of at least 4 members (excludes halogenated alkanes) is 3. The van der Waals surface area contributed by atoms with Crippen LogP contribution in [0.25, 0.3) is 0 Å². The summed E-state index contributed by atoms with van der Waals surface area (Å²) < 4.78 is 23.7. The van der Waals surface area contributed by atoms with Crippen molar-refractivity contribution in [1.29, 1.82) is 0 Å². The number of hydrogen-bond acceptors (Lipinski definition) is 4. The van der Waals surface area contributed by atoms with E-state index in [4.69, 9.17) is 21.1 Å². The fraction of sp³-hybridized carbons (Fsp3) is 0.529. The van der Waals surface area contributed by atoms with Crippen molar-refractivity contribution < 1.29 is 23.5 Å². The van der Waals surface area contributed by atoms with Crippen molar-refractivity contribution in [2.45, 2.75) is 46.5 Å². The molecular weight excluding hydrogens is 323 g/mol. The lowest BCUT2D eigenvalue weighted by Crippen LogP contribution is -2.38. The Morgan fingerprint density at radius 3 is 2.48 bits per heavy atom. The fourth-order valence-corrected chi connectivity index (χ4v) is 1.96. The predicted octanol–water partition coefficient (Wildman–Crippen LogP) is 4.53. The number of carbonyl (C=O) groups is 2. The van der Waals surface area contributed by atoms with Crippen molar-refractivity contribution in [3.05, 3.63) is 29.0 Å². The van der Waals surface area contributed by atoms with E-state index in [1.165, 1.54) is 26.0 Å². The molecule has 0 N–H and O–H groups in total. The van der Waals surface area contributed by atoms with Crippen molar-refractivity contribution in [1.82, 2.24) is 0 Å². The lowest BCUT2D eigenvalue weighted by Gasteiger charge is -2.21. The largest absolute Gasteiger partial charge is 0.465 e. The summed E-state index contributed by atoms with van der Waals surface area (Å²) in [6.07, 6.45) is 3.84. The second-order valence-electron chi connectivity index (χ2n) is 5.76. The number of rotatable bonds is 8. The molecule has 0 amide bonds. The number of carbonyl (C=O) groups excluding carboxylic acids is 2. The summed E-state index contributed by atoms with van der Waals surface area (Å²) in [5, 5.41) is -0.0397. The number of benzene rings is 1. The van der Waals surface area contributed by atoms with Crippen LogP contribution in [0.3, 0.4) is 0 Å². The first-order chi connectivity index (χ1) is 10.8. The quantitative estimate of drug-likeness (QED) is 0.301. The maximum Gasteiger partial charge on any atom is 0.328 e. The maximum absolute atomic E-state index is 13.6. The third-order valence-corrected chi connectivity index (χ3v) is 3.66. The van der Waals surface area contributed by atoms with E-state index in [0.717, 1.165) is 31.7 Å². The van der Waals surface area contributed by atoms with Crippen molar-refractivity contribution in [3.63, 3.8) is 0 Å². The molecule has 6 heteroatoms. The molecular formula is C17H22ClFO4. The average Bonchev–Trinajstić information content (AvgIpc) is 2.50. The van der Waals surface area contributed by atoms with Crippen LogP contribution in [-0.2, 0) is 14.3 Å². The molecule has 128 valence electrons. The predicted molar refractivity (Wildman–Crippen MR) is 85.9 cm³/mol. The van der Waals surface area contributed by atoms with Gasteiger partial charge in [-0.2, -0.15) is 0 Å². The molecule has 0 spiro atoms. The van der Waals surface area contributed by atoms with Gasteiger partial charge < -0.3 is 9.47 Å². The summed E-state index contributed by atoms with van der Waals surface area (Å²) in [6.45, 7) is 5.08. The van der Waals surface area contributed by atoms with Crippen LogP contribution in [0.5, 0.6) is 5.75 Å². The Labute approximate surface area is 140 Å². The molecule has 0 atom stereocenters. The van der Waals surface area contributed by atoms with Gasteiger partial charge in [0, 0.05) is 0 Å². The van der Waals surface area contributed by atoms with Gasteiger partial charge in [-0.3, -0.25) is 9.59 Å². The van der Waals surface area contributed by atoms with Gasteiger partial charge in [0.25, 0.3) is 0 Å².